The van der Waals surface area contributed by atoms with Crippen LogP contribution >= 0.6 is 0 Å². The monoisotopic (exact) mass is 255 g/mol. The number of amides is 1. The number of benzene rings is 1. The van der Waals surface area contributed by atoms with E-state index in [1.165, 1.54) is 11.1 Å². The molecule has 2 aromatic rings. The Bertz CT molecular complexity index is 585. The highest BCUT2D eigenvalue weighted by molar-refractivity contribution is 5.91. The second-order valence-electron chi connectivity index (χ2n) is 4.52. The fourth-order valence-electron chi connectivity index (χ4n) is 1.80. The second-order valence-corrected chi connectivity index (χ2v) is 4.52. The smallest absolute Gasteiger partial charge is 0.244 e. The number of hydrogen-bond acceptors (Lipinski definition) is 2. The summed E-state index contributed by atoms with van der Waals surface area (Å²) in [6.45, 7) is 4.57. The number of aryl methyl sites for hydroxylation is 2. The third-order valence-corrected chi connectivity index (χ3v) is 2.86. The lowest BCUT2D eigenvalue weighted by atomic mass is 10.1. The van der Waals surface area contributed by atoms with Crippen molar-refractivity contribution >= 4 is 12.0 Å². The van der Waals surface area contributed by atoms with Gasteiger partial charge in [0.05, 0.1) is 6.20 Å². The lowest BCUT2D eigenvalue weighted by molar-refractivity contribution is -0.116. The van der Waals surface area contributed by atoms with Crippen LogP contribution in [0, 0.1) is 13.8 Å². The van der Waals surface area contributed by atoms with Gasteiger partial charge in [-0.05, 0) is 31.1 Å². The van der Waals surface area contributed by atoms with Gasteiger partial charge in [0, 0.05) is 24.4 Å². The third kappa shape index (κ3) is 3.81. The van der Waals surface area contributed by atoms with Gasteiger partial charge in [0.15, 0.2) is 0 Å². The first kappa shape index (κ1) is 13.1. The van der Waals surface area contributed by atoms with Gasteiger partial charge in [0.2, 0.25) is 5.91 Å². The third-order valence-electron chi connectivity index (χ3n) is 2.86. The van der Waals surface area contributed by atoms with Gasteiger partial charge in [-0.1, -0.05) is 23.8 Å². The lowest BCUT2D eigenvalue weighted by Crippen LogP contribution is -2.19. The van der Waals surface area contributed by atoms with Crippen molar-refractivity contribution in [3.8, 4) is 0 Å². The Morgan fingerprint density at radius 1 is 1.42 bits per heavy atom. The number of aromatic nitrogens is 2. The standard InChI is InChI=1S/C15H17N3O/c1-11-3-4-14(12(2)7-11)5-6-15(19)16-8-13-9-17-18-10-13/h3-7,9-10H,8H2,1-2H3,(H,16,19)(H,17,18)/b6-5+. The minimum atomic E-state index is -0.110. The Labute approximate surface area is 112 Å². The van der Waals surface area contributed by atoms with Crippen molar-refractivity contribution in [1.82, 2.24) is 15.5 Å². The summed E-state index contributed by atoms with van der Waals surface area (Å²) in [6, 6.07) is 6.16. The van der Waals surface area contributed by atoms with Crippen molar-refractivity contribution in [3.05, 3.63) is 58.9 Å². The molecule has 4 heteroatoms. The van der Waals surface area contributed by atoms with E-state index in [-0.39, 0.29) is 5.91 Å². The Hall–Kier alpha value is -2.36. The van der Waals surface area contributed by atoms with E-state index in [0.717, 1.165) is 11.1 Å². The van der Waals surface area contributed by atoms with Gasteiger partial charge in [-0.2, -0.15) is 5.10 Å². The zero-order valence-electron chi connectivity index (χ0n) is 11.1. The SMILES string of the molecule is Cc1ccc(/C=C/C(=O)NCc2cn[nH]c2)c(C)c1. The van der Waals surface area contributed by atoms with Gasteiger partial charge in [-0.15, -0.1) is 0 Å². The highest BCUT2D eigenvalue weighted by Gasteiger charge is 1.99. The molecule has 0 saturated heterocycles. The molecule has 0 atom stereocenters. The molecule has 0 aliphatic rings. The first-order valence-corrected chi connectivity index (χ1v) is 6.16. The van der Waals surface area contributed by atoms with Crippen LogP contribution < -0.4 is 5.32 Å². The van der Waals surface area contributed by atoms with Gasteiger partial charge in [-0.3, -0.25) is 9.89 Å². The van der Waals surface area contributed by atoms with Crippen molar-refractivity contribution in [3.63, 3.8) is 0 Å². The van der Waals surface area contributed by atoms with Crippen LogP contribution in [0.3, 0.4) is 0 Å². The fourth-order valence-corrected chi connectivity index (χ4v) is 1.80. The summed E-state index contributed by atoms with van der Waals surface area (Å²) in [7, 11) is 0. The van der Waals surface area contributed by atoms with E-state index in [1.807, 2.05) is 25.1 Å². The highest BCUT2D eigenvalue weighted by Crippen LogP contribution is 2.11. The van der Waals surface area contributed by atoms with Crippen molar-refractivity contribution < 1.29 is 4.79 Å². The molecular formula is C15H17N3O. The Morgan fingerprint density at radius 2 is 2.26 bits per heavy atom. The summed E-state index contributed by atoms with van der Waals surface area (Å²) in [5.41, 5.74) is 4.40. The number of aromatic amines is 1. The average molecular weight is 255 g/mol. The molecule has 0 aliphatic heterocycles. The summed E-state index contributed by atoms with van der Waals surface area (Å²) < 4.78 is 0. The topological polar surface area (TPSA) is 57.8 Å². The highest BCUT2D eigenvalue weighted by atomic mass is 16.1. The van der Waals surface area contributed by atoms with Crippen LogP contribution in [-0.2, 0) is 11.3 Å². The number of carbonyl (C=O) groups excluding carboxylic acids is 1. The van der Waals surface area contributed by atoms with Gasteiger partial charge < -0.3 is 5.32 Å². The molecule has 0 aliphatic carbocycles. The molecule has 0 radical (unpaired) electrons. The molecular weight excluding hydrogens is 238 g/mol. The molecule has 0 bridgehead atoms. The summed E-state index contributed by atoms with van der Waals surface area (Å²) in [6.07, 6.45) is 6.83. The minimum Gasteiger partial charge on any atom is -0.348 e. The number of hydrogen-bond donors (Lipinski definition) is 2. The van der Waals surface area contributed by atoms with Crippen LogP contribution in [0.1, 0.15) is 22.3 Å². The molecule has 1 aromatic carbocycles. The van der Waals surface area contributed by atoms with Gasteiger partial charge in [0.1, 0.15) is 0 Å². The van der Waals surface area contributed by atoms with Crippen LogP contribution in [0.15, 0.2) is 36.7 Å². The molecule has 4 nitrogen and oxygen atoms in total. The minimum absolute atomic E-state index is 0.110. The zero-order valence-corrected chi connectivity index (χ0v) is 11.1. The quantitative estimate of drug-likeness (QED) is 0.824. The average Bonchev–Trinajstić information content (AvgIpc) is 2.88. The molecule has 0 unspecified atom stereocenters. The molecule has 0 fully saturated rings. The van der Waals surface area contributed by atoms with Gasteiger partial charge in [-0.25, -0.2) is 0 Å². The summed E-state index contributed by atoms with van der Waals surface area (Å²) in [5, 5.41) is 9.32. The first-order chi connectivity index (χ1) is 9.15. The number of nitrogens with zero attached hydrogens (tertiary/aromatic N) is 1. The number of H-pyrrole nitrogens is 1. The van der Waals surface area contributed by atoms with Crippen LogP contribution in [0.4, 0.5) is 0 Å². The predicted octanol–water partition coefficient (Wildman–Crippen LogP) is 2.36. The van der Waals surface area contributed by atoms with Crippen LogP contribution in [0.5, 0.6) is 0 Å². The van der Waals surface area contributed by atoms with Crippen molar-refractivity contribution in [1.29, 1.82) is 0 Å². The van der Waals surface area contributed by atoms with E-state index in [0.29, 0.717) is 6.54 Å². The van der Waals surface area contributed by atoms with Gasteiger partial charge in [0.25, 0.3) is 0 Å². The molecule has 2 N–H and O–H groups in total. The van der Waals surface area contributed by atoms with E-state index in [4.69, 9.17) is 0 Å². The van der Waals surface area contributed by atoms with E-state index < -0.39 is 0 Å². The second kappa shape index (κ2) is 6.00. The lowest BCUT2D eigenvalue weighted by Gasteiger charge is -2.02. The molecule has 2 rings (SSSR count). The Balaban J connectivity index is 1.92. The summed E-state index contributed by atoms with van der Waals surface area (Å²) >= 11 is 0. The molecule has 1 aromatic heterocycles. The molecule has 0 spiro atoms. The van der Waals surface area contributed by atoms with Crippen LogP contribution in [0.2, 0.25) is 0 Å². The Kier molecular flexibility index (Phi) is 4.13. The van der Waals surface area contributed by atoms with E-state index in [9.17, 15) is 4.79 Å². The zero-order chi connectivity index (χ0) is 13.7. The Morgan fingerprint density at radius 3 is 2.95 bits per heavy atom. The van der Waals surface area contributed by atoms with Crippen LogP contribution in [0.25, 0.3) is 6.08 Å². The van der Waals surface area contributed by atoms with E-state index in [1.54, 1.807) is 18.5 Å². The largest absolute Gasteiger partial charge is 0.348 e. The van der Waals surface area contributed by atoms with Gasteiger partial charge >= 0.3 is 0 Å². The van der Waals surface area contributed by atoms with Crippen molar-refractivity contribution in [2.24, 2.45) is 0 Å². The predicted molar refractivity (Wildman–Crippen MR) is 75.4 cm³/mol. The summed E-state index contributed by atoms with van der Waals surface area (Å²) in [4.78, 5) is 11.7. The first-order valence-electron chi connectivity index (χ1n) is 6.16. The van der Waals surface area contributed by atoms with Crippen molar-refractivity contribution in [2.45, 2.75) is 20.4 Å². The fraction of sp³-hybridized carbons (Fsp3) is 0.200. The van der Waals surface area contributed by atoms with Crippen LogP contribution in [-0.4, -0.2) is 16.1 Å². The summed E-state index contributed by atoms with van der Waals surface area (Å²) in [5.74, 6) is -0.110. The molecule has 0 saturated carbocycles. The maximum atomic E-state index is 11.7. The number of carbonyl (C=O) groups is 1. The maximum absolute atomic E-state index is 11.7. The van der Waals surface area contributed by atoms with Crippen molar-refractivity contribution in [2.75, 3.05) is 0 Å². The molecule has 98 valence electrons. The van der Waals surface area contributed by atoms with E-state index in [2.05, 4.69) is 28.5 Å². The molecule has 1 amide bonds. The normalized spacial score (nSPS) is 10.8. The maximum Gasteiger partial charge on any atom is 0.244 e. The number of rotatable bonds is 4. The molecule has 19 heavy (non-hydrogen) atoms. The molecule has 1 heterocycles. The number of nitrogens with one attached hydrogen (secondary N) is 2. The van der Waals surface area contributed by atoms with E-state index >= 15 is 0 Å².